The van der Waals surface area contributed by atoms with E-state index >= 15 is 0 Å². The minimum Gasteiger partial charge on any atom is -0.481 e. The standard InChI is InChI=1S/C34H55N9O18/c1-19(2)29(42-31(54)21(4-5-25(45)46)40-33(56)22(16-27(49)50)39-24(44)18-37-43-35)34(57)41-23(17-28(51)52)32(55)38-20(3)30(53)36-7-9-59-11-13-61-15-14-60-12-10-58-8-6-26(47)48/h19-23,29H,4-18H2,1-3H3,(H,36,53)(H,38,55)(H,39,44)(H,40,56)(H,41,57)(H,42,54)(H,45,46)(H,47,48)(H,49,50)(H,51,52)/t20-,21?,22?,23?,29-/m0/s1. The summed E-state index contributed by atoms with van der Waals surface area (Å²) in [7, 11) is 0. The van der Waals surface area contributed by atoms with Crippen molar-refractivity contribution in [3.05, 3.63) is 10.4 Å². The smallest absolute Gasteiger partial charge is 0.305 e. The van der Waals surface area contributed by atoms with Gasteiger partial charge in [0.15, 0.2) is 0 Å². The lowest BCUT2D eigenvalue weighted by Gasteiger charge is -2.28. The number of hydrogen-bond acceptors (Lipinski definition) is 15. The molecule has 0 saturated heterocycles. The molecule has 0 aromatic carbocycles. The average molecular weight is 878 g/mol. The third kappa shape index (κ3) is 27.3. The number of rotatable bonds is 35. The maximum absolute atomic E-state index is 13.4. The molecule has 0 rings (SSSR count). The first-order valence-electron chi connectivity index (χ1n) is 18.8. The van der Waals surface area contributed by atoms with Crippen molar-refractivity contribution in [1.82, 2.24) is 31.9 Å². The quantitative estimate of drug-likeness (QED) is 0.0130. The van der Waals surface area contributed by atoms with Crippen molar-refractivity contribution >= 4 is 59.3 Å². The Morgan fingerprint density at radius 2 is 1.00 bits per heavy atom. The third-order valence-corrected chi connectivity index (χ3v) is 7.72. The fraction of sp³-hybridized carbons (Fsp3) is 0.706. The molecular weight excluding hydrogens is 822 g/mol. The van der Waals surface area contributed by atoms with Crippen LogP contribution in [0.4, 0.5) is 0 Å². The molecule has 0 spiro atoms. The minimum absolute atomic E-state index is 0.0231. The van der Waals surface area contributed by atoms with Crippen molar-refractivity contribution < 1.29 is 87.3 Å². The minimum atomic E-state index is -1.81. The first-order valence-corrected chi connectivity index (χ1v) is 18.8. The fourth-order valence-electron chi connectivity index (χ4n) is 4.66. The van der Waals surface area contributed by atoms with Crippen LogP contribution in [0.25, 0.3) is 10.4 Å². The van der Waals surface area contributed by atoms with Crippen LogP contribution >= 0.6 is 0 Å². The molecule has 0 radical (unpaired) electrons. The van der Waals surface area contributed by atoms with E-state index in [-0.39, 0.29) is 65.8 Å². The summed E-state index contributed by atoms with van der Waals surface area (Å²) < 4.78 is 21.1. The van der Waals surface area contributed by atoms with Crippen LogP contribution < -0.4 is 31.9 Å². The third-order valence-electron chi connectivity index (χ3n) is 7.72. The number of carbonyl (C=O) groups is 10. The van der Waals surface area contributed by atoms with E-state index in [0.29, 0.717) is 0 Å². The number of azide groups is 1. The van der Waals surface area contributed by atoms with E-state index in [1.807, 2.05) is 5.32 Å². The van der Waals surface area contributed by atoms with Crippen LogP contribution in [0.15, 0.2) is 5.11 Å². The molecule has 5 atom stereocenters. The van der Waals surface area contributed by atoms with Gasteiger partial charge in [-0.3, -0.25) is 47.9 Å². The monoisotopic (exact) mass is 877 g/mol. The van der Waals surface area contributed by atoms with Crippen LogP contribution in [-0.2, 0) is 66.9 Å². The van der Waals surface area contributed by atoms with Gasteiger partial charge in [-0.1, -0.05) is 19.0 Å². The maximum atomic E-state index is 13.4. The molecule has 0 aromatic rings. The summed E-state index contributed by atoms with van der Waals surface area (Å²) in [4.78, 5) is 125. The lowest BCUT2D eigenvalue weighted by molar-refractivity contribution is -0.142. The first kappa shape index (κ1) is 54.8. The fourth-order valence-corrected chi connectivity index (χ4v) is 4.66. The van der Waals surface area contributed by atoms with Gasteiger partial charge in [-0.25, -0.2) is 0 Å². The van der Waals surface area contributed by atoms with Crippen LogP contribution in [0, 0.1) is 5.92 Å². The van der Waals surface area contributed by atoms with Gasteiger partial charge >= 0.3 is 23.9 Å². The molecule has 3 unspecified atom stereocenters. The van der Waals surface area contributed by atoms with E-state index in [0.717, 1.165) is 0 Å². The summed E-state index contributed by atoms with van der Waals surface area (Å²) in [6.07, 6.45) is -3.32. The highest BCUT2D eigenvalue weighted by Crippen LogP contribution is 2.08. The molecule has 27 heteroatoms. The van der Waals surface area contributed by atoms with Crippen LogP contribution in [0.3, 0.4) is 0 Å². The molecule has 10 N–H and O–H groups in total. The Morgan fingerprint density at radius 1 is 0.541 bits per heavy atom. The van der Waals surface area contributed by atoms with Gasteiger partial charge in [0, 0.05) is 17.9 Å². The molecule has 0 aromatic heterocycles. The largest absolute Gasteiger partial charge is 0.481 e. The lowest BCUT2D eigenvalue weighted by atomic mass is 10.0. The van der Waals surface area contributed by atoms with Crippen LogP contribution in [-0.4, -0.2) is 176 Å². The zero-order valence-electron chi connectivity index (χ0n) is 33.9. The second-order valence-corrected chi connectivity index (χ2v) is 13.1. The van der Waals surface area contributed by atoms with E-state index in [9.17, 15) is 63.3 Å². The van der Waals surface area contributed by atoms with Gasteiger partial charge in [0.25, 0.3) is 0 Å². The second-order valence-electron chi connectivity index (χ2n) is 13.1. The highest BCUT2D eigenvalue weighted by Gasteiger charge is 2.34. The summed E-state index contributed by atoms with van der Waals surface area (Å²) >= 11 is 0. The van der Waals surface area contributed by atoms with Crippen molar-refractivity contribution in [2.45, 2.75) is 83.1 Å². The normalized spacial score (nSPS) is 13.2. The molecule has 0 saturated carbocycles. The number of carboxylic acid groups (broad SMARTS) is 4. The molecular formula is C34H55N9O18. The number of ether oxygens (including phenoxy) is 4. The van der Waals surface area contributed by atoms with Crippen LogP contribution in [0.5, 0.6) is 0 Å². The lowest BCUT2D eigenvalue weighted by Crippen LogP contribution is -2.60. The number of aliphatic carboxylic acids is 4. The van der Waals surface area contributed by atoms with E-state index in [1.54, 1.807) is 0 Å². The topological polar surface area (TPSA) is 409 Å². The number of hydrogen-bond donors (Lipinski definition) is 10. The van der Waals surface area contributed by atoms with Crippen LogP contribution in [0.1, 0.15) is 52.9 Å². The van der Waals surface area contributed by atoms with Gasteiger partial charge in [-0.2, -0.15) is 0 Å². The maximum Gasteiger partial charge on any atom is 0.305 e. The van der Waals surface area contributed by atoms with Crippen LogP contribution in [0.2, 0.25) is 0 Å². The SMILES string of the molecule is CC(C)[C@H](NC(=O)C(CCC(=O)O)NC(=O)C(CC(=O)O)NC(=O)CN=[N+]=[N-])C(=O)NC(CC(=O)O)C(=O)N[C@@H](C)C(=O)NCCOCCOCCOCCOCCC(=O)O. The molecule has 0 aliphatic heterocycles. The number of carboxylic acids is 4. The number of amides is 6. The Labute approximate surface area is 348 Å². The molecule has 6 amide bonds. The van der Waals surface area contributed by atoms with Gasteiger partial charge in [0.05, 0.1) is 72.1 Å². The Bertz CT molecular complexity index is 1540. The molecule has 27 nitrogen and oxygen atoms in total. The zero-order chi connectivity index (χ0) is 46.3. The average Bonchev–Trinajstić information content (AvgIpc) is 3.17. The van der Waals surface area contributed by atoms with Crippen molar-refractivity contribution in [2.24, 2.45) is 11.0 Å². The summed E-state index contributed by atoms with van der Waals surface area (Å²) in [6, 6.07) is -8.04. The van der Waals surface area contributed by atoms with Crippen molar-refractivity contribution in [1.29, 1.82) is 0 Å². The molecule has 61 heavy (non-hydrogen) atoms. The van der Waals surface area contributed by atoms with Gasteiger partial charge in [0.1, 0.15) is 36.8 Å². The highest BCUT2D eigenvalue weighted by molar-refractivity contribution is 5.98. The Kier molecular flexibility index (Phi) is 28.5. The van der Waals surface area contributed by atoms with Crippen molar-refractivity contribution in [2.75, 3.05) is 65.9 Å². The van der Waals surface area contributed by atoms with Gasteiger partial charge in [-0.05, 0) is 24.8 Å². The van der Waals surface area contributed by atoms with Gasteiger partial charge in [0.2, 0.25) is 35.4 Å². The number of nitrogens with one attached hydrogen (secondary N) is 6. The van der Waals surface area contributed by atoms with E-state index in [2.05, 4.69) is 36.6 Å². The Balaban J connectivity index is 5.28. The molecule has 344 valence electrons. The number of carbonyl (C=O) groups excluding carboxylic acids is 6. The Hall–Kier alpha value is -6.15. The summed E-state index contributed by atoms with van der Waals surface area (Å²) in [5.41, 5.74) is 8.41. The second kappa shape index (κ2) is 31.7. The molecule has 0 aliphatic rings. The van der Waals surface area contributed by atoms with Crippen molar-refractivity contribution in [3.8, 4) is 0 Å². The van der Waals surface area contributed by atoms with Crippen molar-refractivity contribution in [3.63, 3.8) is 0 Å². The van der Waals surface area contributed by atoms with E-state index < -0.39 is 128 Å². The van der Waals surface area contributed by atoms with Gasteiger partial charge in [-0.15, -0.1) is 0 Å². The Morgan fingerprint density at radius 3 is 1.49 bits per heavy atom. The van der Waals surface area contributed by atoms with E-state index in [4.69, 9.17) is 29.6 Å². The predicted molar refractivity (Wildman–Crippen MR) is 204 cm³/mol. The molecule has 0 heterocycles. The summed E-state index contributed by atoms with van der Waals surface area (Å²) in [5.74, 6) is -12.4. The van der Waals surface area contributed by atoms with Gasteiger partial charge < -0.3 is 71.3 Å². The summed E-state index contributed by atoms with van der Waals surface area (Å²) in [5, 5.41) is 52.9. The molecule has 0 fully saturated rings. The predicted octanol–water partition coefficient (Wildman–Crippen LogP) is -3.13. The summed E-state index contributed by atoms with van der Waals surface area (Å²) in [6.45, 7) is 5.04. The molecule has 0 bridgehead atoms. The number of nitrogens with zero attached hydrogens (tertiary/aromatic N) is 3. The zero-order valence-corrected chi connectivity index (χ0v) is 33.9. The molecule has 0 aliphatic carbocycles. The first-order chi connectivity index (χ1) is 28.8. The highest BCUT2D eigenvalue weighted by atomic mass is 16.6. The van der Waals surface area contributed by atoms with E-state index in [1.165, 1.54) is 20.8 Å².